The first-order valence-electron chi connectivity index (χ1n) is 6.38. The van der Waals surface area contributed by atoms with Crippen molar-refractivity contribution >= 4 is 15.9 Å². The van der Waals surface area contributed by atoms with Gasteiger partial charge < -0.3 is 15.6 Å². The molecule has 0 atom stereocenters. The molecule has 0 saturated heterocycles. The van der Waals surface area contributed by atoms with Crippen LogP contribution in [0.15, 0.2) is 16.6 Å². The van der Waals surface area contributed by atoms with Gasteiger partial charge in [0.1, 0.15) is 12.4 Å². The lowest BCUT2D eigenvalue weighted by atomic mass is 10.0. The van der Waals surface area contributed by atoms with E-state index in [9.17, 15) is 5.11 Å². The van der Waals surface area contributed by atoms with Gasteiger partial charge in [-0.1, -0.05) is 28.8 Å². The molecule has 0 spiro atoms. The standard InChI is InChI=1S/C14H20BrNO2/c1-10-6-12(15)7-11(8-16)13(10)18-9-14(17)4-2-3-5-14/h6-7,17H,2-5,8-9,16H2,1H3. The van der Waals surface area contributed by atoms with Crippen LogP contribution < -0.4 is 10.5 Å². The smallest absolute Gasteiger partial charge is 0.126 e. The Morgan fingerprint density at radius 1 is 1.39 bits per heavy atom. The van der Waals surface area contributed by atoms with E-state index in [0.717, 1.165) is 47.0 Å². The maximum atomic E-state index is 10.3. The molecule has 1 aliphatic rings. The van der Waals surface area contributed by atoms with Crippen LogP contribution in [-0.2, 0) is 6.54 Å². The number of rotatable bonds is 4. The molecule has 0 radical (unpaired) electrons. The minimum Gasteiger partial charge on any atom is -0.490 e. The van der Waals surface area contributed by atoms with Crippen LogP contribution in [0.1, 0.15) is 36.8 Å². The molecule has 1 aliphatic carbocycles. The maximum absolute atomic E-state index is 10.3. The summed E-state index contributed by atoms with van der Waals surface area (Å²) >= 11 is 3.46. The molecule has 1 aromatic carbocycles. The zero-order chi connectivity index (χ0) is 13.2. The highest BCUT2D eigenvalue weighted by atomic mass is 79.9. The number of hydrogen-bond donors (Lipinski definition) is 2. The molecule has 0 aromatic heterocycles. The first-order valence-corrected chi connectivity index (χ1v) is 7.18. The first-order chi connectivity index (χ1) is 8.54. The molecule has 3 N–H and O–H groups in total. The lowest BCUT2D eigenvalue weighted by molar-refractivity contribution is 0.000950. The van der Waals surface area contributed by atoms with Crippen LogP contribution in [0.5, 0.6) is 5.75 Å². The second kappa shape index (κ2) is 5.59. The van der Waals surface area contributed by atoms with Gasteiger partial charge in [-0.2, -0.15) is 0 Å². The SMILES string of the molecule is Cc1cc(Br)cc(CN)c1OCC1(O)CCCC1. The Morgan fingerprint density at radius 3 is 2.67 bits per heavy atom. The highest BCUT2D eigenvalue weighted by Crippen LogP contribution is 2.33. The number of benzene rings is 1. The summed E-state index contributed by atoms with van der Waals surface area (Å²) in [6, 6.07) is 3.98. The van der Waals surface area contributed by atoms with Crippen LogP contribution in [0.25, 0.3) is 0 Å². The average Bonchev–Trinajstić information content (AvgIpc) is 2.74. The third kappa shape index (κ3) is 3.05. The summed E-state index contributed by atoms with van der Waals surface area (Å²) in [5, 5.41) is 10.3. The van der Waals surface area contributed by atoms with Gasteiger partial charge in [-0.3, -0.25) is 0 Å². The molecule has 2 rings (SSSR count). The summed E-state index contributed by atoms with van der Waals surface area (Å²) in [5.41, 5.74) is 7.12. The van der Waals surface area contributed by atoms with Gasteiger partial charge in [-0.05, 0) is 37.5 Å². The Bertz CT molecular complexity index is 428. The normalized spacial score (nSPS) is 18.0. The van der Waals surface area contributed by atoms with E-state index in [2.05, 4.69) is 15.9 Å². The highest BCUT2D eigenvalue weighted by molar-refractivity contribution is 9.10. The molecular weight excluding hydrogens is 294 g/mol. The van der Waals surface area contributed by atoms with Gasteiger partial charge in [0.2, 0.25) is 0 Å². The first kappa shape index (κ1) is 13.8. The van der Waals surface area contributed by atoms with Crippen LogP contribution in [0, 0.1) is 6.92 Å². The molecule has 0 aliphatic heterocycles. The molecule has 18 heavy (non-hydrogen) atoms. The molecule has 0 heterocycles. The van der Waals surface area contributed by atoms with E-state index in [4.69, 9.17) is 10.5 Å². The van der Waals surface area contributed by atoms with Crippen LogP contribution in [0.3, 0.4) is 0 Å². The second-order valence-corrected chi connectivity index (χ2v) is 6.05. The molecular formula is C14H20BrNO2. The number of halogens is 1. The number of hydrogen-bond acceptors (Lipinski definition) is 3. The Kier molecular flexibility index (Phi) is 4.30. The Morgan fingerprint density at radius 2 is 2.06 bits per heavy atom. The minimum atomic E-state index is -0.647. The van der Waals surface area contributed by atoms with Crippen molar-refractivity contribution in [3.63, 3.8) is 0 Å². The molecule has 1 aromatic rings. The van der Waals surface area contributed by atoms with E-state index in [1.165, 1.54) is 0 Å². The predicted molar refractivity (Wildman–Crippen MR) is 75.7 cm³/mol. The molecule has 0 unspecified atom stereocenters. The fourth-order valence-corrected chi connectivity index (χ4v) is 3.16. The maximum Gasteiger partial charge on any atom is 0.126 e. The van der Waals surface area contributed by atoms with E-state index >= 15 is 0 Å². The van der Waals surface area contributed by atoms with Crippen molar-refractivity contribution in [2.75, 3.05) is 6.61 Å². The molecule has 1 saturated carbocycles. The molecule has 0 bridgehead atoms. The largest absolute Gasteiger partial charge is 0.490 e. The summed E-state index contributed by atoms with van der Waals surface area (Å²) in [6.07, 6.45) is 3.84. The van der Waals surface area contributed by atoms with Crippen molar-refractivity contribution in [2.45, 2.75) is 44.8 Å². The van der Waals surface area contributed by atoms with Gasteiger partial charge >= 0.3 is 0 Å². The van der Waals surface area contributed by atoms with Crippen molar-refractivity contribution in [2.24, 2.45) is 5.73 Å². The summed E-state index contributed by atoms with van der Waals surface area (Å²) in [5.74, 6) is 0.820. The Balaban J connectivity index is 2.13. The Labute approximate surface area is 116 Å². The topological polar surface area (TPSA) is 55.5 Å². The van der Waals surface area contributed by atoms with Gasteiger partial charge in [0, 0.05) is 16.6 Å². The Hall–Kier alpha value is -0.580. The van der Waals surface area contributed by atoms with Gasteiger partial charge in [0.25, 0.3) is 0 Å². The number of ether oxygens (including phenoxy) is 1. The molecule has 0 amide bonds. The molecule has 4 heteroatoms. The lowest BCUT2D eigenvalue weighted by Gasteiger charge is -2.24. The van der Waals surface area contributed by atoms with Gasteiger partial charge in [0.15, 0.2) is 0 Å². The predicted octanol–water partition coefficient (Wildman–Crippen LogP) is 2.90. The summed E-state index contributed by atoms with van der Waals surface area (Å²) < 4.78 is 6.86. The van der Waals surface area contributed by atoms with Gasteiger partial charge in [0.05, 0.1) is 5.60 Å². The van der Waals surface area contributed by atoms with Crippen molar-refractivity contribution in [3.05, 3.63) is 27.7 Å². The van der Waals surface area contributed by atoms with Gasteiger partial charge in [-0.15, -0.1) is 0 Å². The quantitative estimate of drug-likeness (QED) is 0.898. The van der Waals surface area contributed by atoms with E-state index in [-0.39, 0.29) is 0 Å². The van der Waals surface area contributed by atoms with Crippen LogP contribution in [0.4, 0.5) is 0 Å². The number of aliphatic hydroxyl groups is 1. The van der Waals surface area contributed by atoms with Crippen molar-refractivity contribution in [3.8, 4) is 5.75 Å². The lowest BCUT2D eigenvalue weighted by Crippen LogP contribution is -2.32. The van der Waals surface area contributed by atoms with Gasteiger partial charge in [-0.25, -0.2) is 0 Å². The molecule has 3 nitrogen and oxygen atoms in total. The van der Waals surface area contributed by atoms with Crippen molar-refractivity contribution < 1.29 is 9.84 Å². The van der Waals surface area contributed by atoms with E-state index in [1.807, 2.05) is 19.1 Å². The minimum absolute atomic E-state index is 0.364. The van der Waals surface area contributed by atoms with E-state index in [0.29, 0.717) is 13.2 Å². The fraction of sp³-hybridized carbons (Fsp3) is 0.571. The molecule has 100 valence electrons. The van der Waals surface area contributed by atoms with E-state index in [1.54, 1.807) is 0 Å². The summed E-state index contributed by atoms with van der Waals surface area (Å²) in [7, 11) is 0. The summed E-state index contributed by atoms with van der Waals surface area (Å²) in [6.45, 7) is 2.80. The number of aryl methyl sites for hydroxylation is 1. The van der Waals surface area contributed by atoms with Crippen LogP contribution in [-0.4, -0.2) is 17.3 Å². The third-order valence-corrected chi connectivity index (χ3v) is 4.01. The zero-order valence-corrected chi connectivity index (χ0v) is 12.3. The van der Waals surface area contributed by atoms with E-state index < -0.39 is 5.60 Å². The summed E-state index contributed by atoms with van der Waals surface area (Å²) in [4.78, 5) is 0. The van der Waals surface area contributed by atoms with Crippen LogP contribution in [0.2, 0.25) is 0 Å². The zero-order valence-electron chi connectivity index (χ0n) is 10.7. The van der Waals surface area contributed by atoms with Crippen molar-refractivity contribution in [1.29, 1.82) is 0 Å². The second-order valence-electron chi connectivity index (χ2n) is 5.14. The highest BCUT2D eigenvalue weighted by Gasteiger charge is 2.32. The molecule has 1 fully saturated rings. The fourth-order valence-electron chi connectivity index (χ4n) is 2.54. The number of nitrogens with two attached hydrogens (primary N) is 1. The third-order valence-electron chi connectivity index (χ3n) is 3.56. The van der Waals surface area contributed by atoms with Crippen LogP contribution >= 0.6 is 15.9 Å². The average molecular weight is 314 g/mol. The monoisotopic (exact) mass is 313 g/mol. The van der Waals surface area contributed by atoms with Crippen molar-refractivity contribution in [1.82, 2.24) is 0 Å².